The molecule has 30 heavy (non-hydrogen) atoms. The van der Waals surface area contributed by atoms with Crippen molar-refractivity contribution < 1.29 is 26.7 Å². The molecule has 1 fully saturated rings. The maximum atomic E-state index is 13.6. The first kappa shape index (κ1) is 20.1. The number of aromatic nitrogens is 3. The van der Waals surface area contributed by atoms with Gasteiger partial charge in [-0.1, -0.05) is 6.07 Å². The van der Waals surface area contributed by atoms with E-state index in [1.165, 1.54) is 18.5 Å². The van der Waals surface area contributed by atoms with Crippen molar-refractivity contribution in [2.45, 2.75) is 24.7 Å². The summed E-state index contributed by atoms with van der Waals surface area (Å²) in [7, 11) is 0. The molecule has 0 amide bonds. The van der Waals surface area contributed by atoms with Crippen LogP contribution in [-0.4, -0.2) is 27.6 Å². The van der Waals surface area contributed by atoms with Gasteiger partial charge in [0.15, 0.2) is 23.2 Å². The summed E-state index contributed by atoms with van der Waals surface area (Å²) in [5.41, 5.74) is -0.407. The SMILES string of the molecule is Fc1ccc(C2OCCC2Nc2cc(C(F)(F)F)nc(-c3cccnc3)n2)cc1F. The molecular weight excluding hydrogens is 407 g/mol. The Hall–Kier alpha value is -3.14. The highest BCUT2D eigenvalue weighted by Gasteiger charge is 2.35. The van der Waals surface area contributed by atoms with E-state index >= 15 is 0 Å². The molecule has 1 aliphatic heterocycles. The molecule has 4 rings (SSSR count). The highest BCUT2D eigenvalue weighted by molar-refractivity contribution is 5.56. The van der Waals surface area contributed by atoms with Gasteiger partial charge in [-0.3, -0.25) is 4.98 Å². The highest BCUT2D eigenvalue weighted by atomic mass is 19.4. The first-order valence-electron chi connectivity index (χ1n) is 9.01. The standard InChI is InChI=1S/C20H15F5N4O/c21-13-4-3-11(8-14(13)22)18-15(5-7-30-18)27-17-9-16(20(23,24)25)28-19(29-17)12-2-1-6-26-10-12/h1-4,6,8-10,15,18H,5,7H2,(H,27,28,29). The molecule has 0 saturated carbocycles. The third kappa shape index (κ3) is 4.23. The van der Waals surface area contributed by atoms with Gasteiger partial charge in [-0.15, -0.1) is 0 Å². The van der Waals surface area contributed by atoms with E-state index in [4.69, 9.17) is 4.74 Å². The molecule has 0 bridgehead atoms. The molecule has 0 spiro atoms. The van der Waals surface area contributed by atoms with Crippen LogP contribution in [0.5, 0.6) is 0 Å². The molecule has 2 aromatic heterocycles. The average Bonchev–Trinajstić information content (AvgIpc) is 3.18. The molecule has 2 unspecified atom stereocenters. The van der Waals surface area contributed by atoms with Crippen LogP contribution in [0.15, 0.2) is 48.8 Å². The van der Waals surface area contributed by atoms with Gasteiger partial charge in [0, 0.05) is 30.6 Å². The van der Waals surface area contributed by atoms with Crippen LogP contribution in [0.2, 0.25) is 0 Å². The minimum Gasteiger partial charge on any atom is -0.371 e. The summed E-state index contributed by atoms with van der Waals surface area (Å²) < 4.78 is 72.5. The predicted molar refractivity (Wildman–Crippen MR) is 97.3 cm³/mol. The third-order valence-electron chi connectivity index (χ3n) is 4.63. The molecule has 3 heterocycles. The Labute approximate surface area is 168 Å². The van der Waals surface area contributed by atoms with Crippen LogP contribution in [0.1, 0.15) is 23.8 Å². The smallest absolute Gasteiger partial charge is 0.371 e. The summed E-state index contributed by atoms with van der Waals surface area (Å²) in [6.45, 7) is 0.300. The Balaban J connectivity index is 1.66. The summed E-state index contributed by atoms with van der Waals surface area (Å²) in [5.74, 6) is -2.21. The zero-order valence-corrected chi connectivity index (χ0v) is 15.3. The molecule has 3 aromatic rings. The molecule has 1 aliphatic rings. The Morgan fingerprint density at radius 2 is 1.87 bits per heavy atom. The summed E-state index contributed by atoms with van der Waals surface area (Å²) >= 11 is 0. The molecular formula is C20H15F5N4O. The Kier molecular flexibility index (Phi) is 5.33. The average molecular weight is 422 g/mol. The zero-order valence-electron chi connectivity index (χ0n) is 15.3. The maximum Gasteiger partial charge on any atom is 0.433 e. The molecule has 1 N–H and O–H groups in total. The van der Waals surface area contributed by atoms with Crippen LogP contribution in [0.4, 0.5) is 27.8 Å². The van der Waals surface area contributed by atoms with Crippen molar-refractivity contribution in [3.05, 3.63) is 71.7 Å². The quantitative estimate of drug-likeness (QED) is 0.614. The van der Waals surface area contributed by atoms with E-state index in [1.807, 2.05) is 0 Å². The highest BCUT2D eigenvalue weighted by Crippen LogP contribution is 2.34. The lowest BCUT2D eigenvalue weighted by atomic mass is 10.0. The van der Waals surface area contributed by atoms with E-state index in [-0.39, 0.29) is 11.6 Å². The topological polar surface area (TPSA) is 59.9 Å². The van der Waals surface area contributed by atoms with Gasteiger partial charge in [0.2, 0.25) is 0 Å². The lowest BCUT2D eigenvalue weighted by molar-refractivity contribution is -0.141. The lowest BCUT2D eigenvalue weighted by Crippen LogP contribution is -2.24. The van der Waals surface area contributed by atoms with Gasteiger partial charge in [-0.2, -0.15) is 13.2 Å². The van der Waals surface area contributed by atoms with E-state index in [9.17, 15) is 22.0 Å². The van der Waals surface area contributed by atoms with Crippen molar-refractivity contribution in [1.29, 1.82) is 0 Å². The Bertz CT molecular complexity index is 1050. The first-order chi connectivity index (χ1) is 14.3. The van der Waals surface area contributed by atoms with Crippen LogP contribution < -0.4 is 5.32 Å². The van der Waals surface area contributed by atoms with Crippen LogP contribution in [0, 0.1) is 11.6 Å². The van der Waals surface area contributed by atoms with E-state index < -0.39 is 35.7 Å². The van der Waals surface area contributed by atoms with Crippen molar-refractivity contribution in [2.75, 3.05) is 11.9 Å². The fraction of sp³-hybridized carbons (Fsp3) is 0.250. The zero-order chi connectivity index (χ0) is 21.3. The molecule has 1 saturated heterocycles. The predicted octanol–water partition coefficient (Wildman–Crippen LogP) is 4.78. The Morgan fingerprint density at radius 1 is 1.03 bits per heavy atom. The van der Waals surface area contributed by atoms with E-state index in [1.54, 1.807) is 12.1 Å². The number of hydrogen-bond donors (Lipinski definition) is 1. The maximum absolute atomic E-state index is 13.6. The van der Waals surface area contributed by atoms with Crippen molar-refractivity contribution in [1.82, 2.24) is 15.0 Å². The molecule has 5 nitrogen and oxygen atoms in total. The minimum absolute atomic E-state index is 0.0562. The second-order valence-electron chi connectivity index (χ2n) is 6.71. The van der Waals surface area contributed by atoms with Gasteiger partial charge >= 0.3 is 6.18 Å². The molecule has 2 atom stereocenters. The summed E-state index contributed by atoms with van der Waals surface area (Å²) in [6, 6.07) is 6.81. The van der Waals surface area contributed by atoms with Crippen LogP contribution in [-0.2, 0) is 10.9 Å². The fourth-order valence-electron chi connectivity index (χ4n) is 3.24. The number of hydrogen-bond acceptors (Lipinski definition) is 5. The number of pyridine rings is 1. The van der Waals surface area contributed by atoms with Gasteiger partial charge in [-0.25, -0.2) is 18.7 Å². The van der Waals surface area contributed by atoms with E-state index in [0.29, 0.717) is 24.2 Å². The summed E-state index contributed by atoms with van der Waals surface area (Å²) in [5, 5.41) is 2.93. The van der Waals surface area contributed by atoms with Gasteiger partial charge in [0.05, 0.1) is 6.04 Å². The Morgan fingerprint density at radius 3 is 2.57 bits per heavy atom. The van der Waals surface area contributed by atoms with E-state index in [0.717, 1.165) is 18.2 Å². The van der Waals surface area contributed by atoms with Crippen LogP contribution in [0.25, 0.3) is 11.4 Å². The third-order valence-corrected chi connectivity index (χ3v) is 4.63. The number of benzene rings is 1. The largest absolute Gasteiger partial charge is 0.433 e. The van der Waals surface area contributed by atoms with E-state index in [2.05, 4.69) is 20.3 Å². The number of ether oxygens (including phenoxy) is 1. The lowest BCUT2D eigenvalue weighted by Gasteiger charge is -2.21. The number of nitrogens with one attached hydrogen (secondary N) is 1. The van der Waals surface area contributed by atoms with Gasteiger partial charge in [0.1, 0.15) is 11.9 Å². The van der Waals surface area contributed by atoms with Gasteiger partial charge in [-0.05, 0) is 36.2 Å². The minimum atomic E-state index is -4.68. The molecule has 0 aliphatic carbocycles. The second-order valence-corrected chi connectivity index (χ2v) is 6.71. The van der Waals surface area contributed by atoms with Crippen molar-refractivity contribution in [3.8, 4) is 11.4 Å². The number of rotatable bonds is 4. The second kappa shape index (κ2) is 7.94. The first-order valence-corrected chi connectivity index (χ1v) is 9.01. The van der Waals surface area contributed by atoms with Crippen molar-refractivity contribution in [3.63, 3.8) is 0 Å². The molecule has 10 heteroatoms. The van der Waals surface area contributed by atoms with Crippen LogP contribution >= 0.6 is 0 Å². The summed E-state index contributed by atoms with van der Waals surface area (Å²) in [6.07, 6.45) is -2.06. The van der Waals surface area contributed by atoms with Crippen molar-refractivity contribution in [2.24, 2.45) is 0 Å². The number of anilines is 1. The molecule has 1 aromatic carbocycles. The number of nitrogens with zero attached hydrogens (tertiary/aromatic N) is 3. The van der Waals surface area contributed by atoms with Gasteiger partial charge < -0.3 is 10.1 Å². The summed E-state index contributed by atoms with van der Waals surface area (Å²) in [4.78, 5) is 11.7. The van der Waals surface area contributed by atoms with Gasteiger partial charge in [0.25, 0.3) is 0 Å². The fourth-order valence-corrected chi connectivity index (χ4v) is 3.24. The van der Waals surface area contributed by atoms with Crippen LogP contribution in [0.3, 0.4) is 0 Å². The monoisotopic (exact) mass is 422 g/mol. The van der Waals surface area contributed by atoms with Crippen molar-refractivity contribution >= 4 is 5.82 Å². The number of halogens is 5. The number of alkyl halides is 3. The normalized spacial score (nSPS) is 19.1. The molecule has 0 radical (unpaired) electrons. The molecule has 156 valence electrons.